The number of carbonyl (C=O) groups excluding carboxylic acids is 1. The highest BCUT2D eigenvalue weighted by Crippen LogP contribution is 2.28. The summed E-state index contributed by atoms with van der Waals surface area (Å²) < 4.78 is 5.86. The molecule has 4 aromatic rings. The summed E-state index contributed by atoms with van der Waals surface area (Å²) in [4.78, 5) is 28.8. The normalized spacial score (nSPS) is 17.3. The molecule has 0 saturated heterocycles. The second kappa shape index (κ2) is 11.0. The number of anilines is 2. The Morgan fingerprint density at radius 3 is 2.43 bits per heavy atom. The average molecular weight is 517 g/mol. The SMILES string of the molecule is CN(C)c1nc(NC2CCC(NC(=O)c3cccnc3Oc3ccc(Cl)cc3)CC2)nc2ccccc12. The first-order valence-corrected chi connectivity index (χ1v) is 12.7. The topological polar surface area (TPSA) is 92.3 Å². The van der Waals surface area contributed by atoms with Crippen molar-refractivity contribution < 1.29 is 9.53 Å². The molecule has 0 radical (unpaired) electrons. The van der Waals surface area contributed by atoms with Crippen molar-refractivity contribution in [3.05, 3.63) is 77.4 Å². The molecule has 190 valence electrons. The summed E-state index contributed by atoms with van der Waals surface area (Å²) in [6.45, 7) is 0. The largest absolute Gasteiger partial charge is 0.438 e. The smallest absolute Gasteiger partial charge is 0.257 e. The third kappa shape index (κ3) is 5.91. The number of rotatable bonds is 7. The summed E-state index contributed by atoms with van der Waals surface area (Å²) in [6.07, 6.45) is 5.12. The van der Waals surface area contributed by atoms with E-state index < -0.39 is 0 Å². The van der Waals surface area contributed by atoms with E-state index >= 15 is 0 Å². The van der Waals surface area contributed by atoms with Crippen molar-refractivity contribution in [1.82, 2.24) is 20.3 Å². The second-order valence-corrected chi connectivity index (χ2v) is 9.80. The number of pyridine rings is 1. The van der Waals surface area contributed by atoms with Crippen LogP contribution in [0.4, 0.5) is 11.8 Å². The maximum Gasteiger partial charge on any atom is 0.257 e. The van der Waals surface area contributed by atoms with Gasteiger partial charge in [0.25, 0.3) is 5.91 Å². The van der Waals surface area contributed by atoms with Crippen LogP contribution >= 0.6 is 11.6 Å². The molecule has 1 aliphatic rings. The third-order valence-electron chi connectivity index (χ3n) is 6.45. The van der Waals surface area contributed by atoms with Gasteiger partial charge in [-0.05, 0) is 74.2 Å². The predicted octanol–water partition coefficient (Wildman–Crippen LogP) is 5.69. The molecular weight excluding hydrogens is 488 g/mol. The summed E-state index contributed by atoms with van der Waals surface area (Å²) >= 11 is 5.95. The number of halogens is 1. The van der Waals surface area contributed by atoms with Gasteiger partial charge in [0, 0.05) is 42.8 Å². The molecule has 0 atom stereocenters. The number of benzene rings is 2. The van der Waals surface area contributed by atoms with Gasteiger partial charge in [-0.3, -0.25) is 4.79 Å². The zero-order valence-electron chi connectivity index (χ0n) is 20.8. The van der Waals surface area contributed by atoms with Crippen LogP contribution in [0, 0.1) is 0 Å². The van der Waals surface area contributed by atoms with Crippen LogP contribution in [0.2, 0.25) is 5.02 Å². The molecule has 0 bridgehead atoms. The average Bonchev–Trinajstić information content (AvgIpc) is 2.91. The minimum absolute atomic E-state index is 0.0731. The van der Waals surface area contributed by atoms with Gasteiger partial charge in [0.05, 0.1) is 5.52 Å². The number of aromatic nitrogens is 3. The van der Waals surface area contributed by atoms with E-state index in [2.05, 4.69) is 15.6 Å². The van der Waals surface area contributed by atoms with Gasteiger partial charge in [-0.1, -0.05) is 23.7 Å². The standard InChI is InChI=1S/C28H29ClN6O2/c1-35(2)25-22-6-3-4-8-24(22)33-28(34-25)32-20-13-11-19(12-14-20)31-26(36)23-7-5-17-30-27(23)37-21-15-9-18(29)10-16-21/h3-10,15-17,19-20H,11-14H2,1-2H3,(H,31,36)(H,32,33,34). The molecule has 2 aromatic heterocycles. The van der Waals surface area contributed by atoms with Gasteiger partial charge in [-0.25, -0.2) is 9.97 Å². The lowest BCUT2D eigenvalue weighted by molar-refractivity contribution is 0.0923. The number of ether oxygens (including phenoxy) is 1. The Morgan fingerprint density at radius 1 is 0.946 bits per heavy atom. The van der Waals surface area contributed by atoms with Crippen molar-refractivity contribution in [2.75, 3.05) is 24.3 Å². The minimum Gasteiger partial charge on any atom is -0.438 e. The molecule has 37 heavy (non-hydrogen) atoms. The quantitative estimate of drug-likeness (QED) is 0.326. The Balaban J connectivity index is 1.20. The van der Waals surface area contributed by atoms with E-state index in [1.165, 1.54) is 0 Å². The van der Waals surface area contributed by atoms with Crippen LogP contribution in [-0.4, -0.2) is 47.0 Å². The van der Waals surface area contributed by atoms with Gasteiger partial charge in [-0.15, -0.1) is 0 Å². The van der Waals surface area contributed by atoms with E-state index in [-0.39, 0.29) is 23.9 Å². The summed E-state index contributed by atoms with van der Waals surface area (Å²) in [5, 5.41) is 8.31. The fourth-order valence-electron chi connectivity index (χ4n) is 4.55. The molecule has 2 aromatic carbocycles. The highest BCUT2D eigenvalue weighted by Gasteiger charge is 2.25. The molecule has 1 fully saturated rings. The Labute approximate surface area is 221 Å². The van der Waals surface area contributed by atoms with E-state index in [1.807, 2.05) is 43.3 Å². The van der Waals surface area contributed by atoms with Crippen molar-refractivity contribution in [3.63, 3.8) is 0 Å². The van der Waals surface area contributed by atoms with Crippen LogP contribution in [-0.2, 0) is 0 Å². The molecule has 8 nitrogen and oxygen atoms in total. The van der Waals surface area contributed by atoms with Crippen molar-refractivity contribution in [1.29, 1.82) is 0 Å². The van der Waals surface area contributed by atoms with Gasteiger partial charge in [0.2, 0.25) is 11.8 Å². The van der Waals surface area contributed by atoms with Crippen LogP contribution in [0.1, 0.15) is 36.0 Å². The number of amides is 1. The van der Waals surface area contributed by atoms with Crippen molar-refractivity contribution in [2.45, 2.75) is 37.8 Å². The first kappa shape index (κ1) is 24.8. The highest BCUT2D eigenvalue weighted by atomic mass is 35.5. The zero-order valence-corrected chi connectivity index (χ0v) is 21.6. The van der Waals surface area contributed by atoms with E-state index in [4.69, 9.17) is 26.3 Å². The van der Waals surface area contributed by atoms with Gasteiger partial charge in [0.15, 0.2) is 0 Å². The van der Waals surface area contributed by atoms with E-state index in [0.29, 0.717) is 22.3 Å². The molecule has 1 saturated carbocycles. The molecule has 5 rings (SSSR count). The van der Waals surface area contributed by atoms with Crippen molar-refractivity contribution in [2.24, 2.45) is 0 Å². The number of nitrogens with zero attached hydrogens (tertiary/aromatic N) is 4. The molecule has 0 unspecified atom stereocenters. The summed E-state index contributed by atoms with van der Waals surface area (Å²) in [5.41, 5.74) is 1.32. The number of nitrogens with one attached hydrogen (secondary N) is 2. The molecule has 9 heteroatoms. The third-order valence-corrected chi connectivity index (χ3v) is 6.70. The maximum atomic E-state index is 13.1. The van der Waals surface area contributed by atoms with Crippen LogP contribution < -0.4 is 20.3 Å². The molecule has 1 amide bonds. The van der Waals surface area contributed by atoms with Crippen LogP contribution in [0.3, 0.4) is 0 Å². The van der Waals surface area contributed by atoms with Gasteiger partial charge < -0.3 is 20.3 Å². The summed E-state index contributed by atoms with van der Waals surface area (Å²) in [7, 11) is 3.97. The van der Waals surface area contributed by atoms with Crippen molar-refractivity contribution in [3.8, 4) is 11.6 Å². The van der Waals surface area contributed by atoms with Gasteiger partial charge >= 0.3 is 0 Å². The Morgan fingerprint density at radius 2 is 1.68 bits per heavy atom. The second-order valence-electron chi connectivity index (χ2n) is 9.36. The Bertz CT molecular complexity index is 1390. The number of hydrogen-bond donors (Lipinski definition) is 2. The van der Waals surface area contributed by atoms with E-state index in [0.717, 1.165) is 42.4 Å². The summed E-state index contributed by atoms with van der Waals surface area (Å²) in [5.74, 6) is 2.17. The zero-order chi connectivity index (χ0) is 25.8. The molecule has 2 heterocycles. The Hall–Kier alpha value is -3.91. The maximum absolute atomic E-state index is 13.1. The van der Waals surface area contributed by atoms with Gasteiger partial charge in [-0.2, -0.15) is 4.98 Å². The number of hydrogen-bond acceptors (Lipinski definition) is 7. The van der Waals surface area contributed by atoms with E-state index in [1.54, 1.807) is 42.6 Å². The number of para-hydroxylation sites is 1. The first-order chi connectivity index (χ1) is 18.0. The molecule has 0 aliphatic heterocycles. The van der Waals surface area contributed by atoms with E-state index in [9.17, 15) is 4.79 Å². The predicted molar refractivity (Wildman–Crippen MR) is 147 cm³/mol. The van der Waals surface area contributed by atoms with Gasteiger partial charge in [0.1, 0.15) is 17.1 Å². The molecule has 1 aliphatic carbocycles. The lowest BCUT2D eigenvalue weighted by atomic mass is 9.91. The lowest BCUT2D eigenvalue weighted by Crippen LogP contribution is -2.40. The number of carbonyl (C=O) groups is 1. The summed E-state index contributed by atoms with van der Waals surface area (Å²) in [6, 6.07) is 18.8. The minimum atomic E-state index is -0.193. The van der Waals surface area contributed by atoms with Crippen LogP contribution in [0.25, 0.3) is 10.9 Å². The lowest BCUT2D eigenvalue weighted by Gasteiger charge is -2.30. The molecule has 2 N–H and O–H groups in total. The Kier molecular flexibility index (Phi) is 7.37. The molecule has 0 spiro atoms. The number of fused-ring (bicyclic) bond motifs is 1. The molecular formula is C28H29ClN6O2. The van der Waals surface area contributed by atoms with Crippen molar-refractivity contribution >= 4 is 40.2 Å². The van der Waals surface area contributed by atoms with Crippen LogP contribution in [0.5, 0.6) is 11.6 Å². The monoisotopic (exact) mass is 516 g/mol. The highest BCUT2D eigenvalue weighted by molar-refractivity contribution is 6.30. The fraction of sp³-hybridized carbons (Fsp3) is 0.286. The fourth-order valence-corrected chi connectivity index (χ4v) is 4.68. The first-order valence-electron chi connectivity index (χ1n) is 12.4. The van der Waals surface area contributed by atoms with Crippen LogP contribution in [0.15, 0.2) is 66.9 Å².